The Labute approximate surface area is 868 Å². The van der Waals surface area contributed by atoms with E-state index in [9.17, 15) is 64.8 Å². The maximum absolute atomic E-state index is 15.2. The van der Waals surface area contributed by atoms with Gasteiger partial charge in [0.15, 0.2) is 5.82 Å². The number of aliphatic hydroxyl groups excluding tert-OH is 8. The van der Waals surface area contributed by atoms with Crippen molar-refractivity contribution >= 4 is 73.6 Å². The Morgan fingerprint density at radius 3 is 1.17 bits per heavy atom. The van der Waals surface area contributed by atoms with Crippen LogP contribution >= 0.6 is 0 Å². The van der Waals surface area contributed by atoms with Crippen molar-refractivity contribution in [1.29, 1.82) is 0 Å². The molecule has 33 aliphatic rings. The lowest BCUT2D eigenvalue weighted by Gasteiger charge is -2.64. The van der Waals surface area contributed by atoms with Crippen LogP contribution in [-0.2, 0) is 35.2 Å². The normalized spacial score (nSPS) is 48.5. The summed E-state index contributed by atoms with van der Waals surface area (Å²) in [5, 5.41) is 139. The predicted molar refractivity (Wildman–Crippen MR) is 566 cm³/mol. The van der Waals surface area contributed by atoms with Gasteiger partial charge in [0.2, 0.25) is 35.4 Å². The minimum atomic E-state index is -0.867. The molecule has 16 aliphatic carbocycles. The third-order valence-electron chi connectivity index (χ3n) is 49.8. The molecule has 0 spiro atoms. The molecule has 1 aromatic heterocycles. The number of aliphatic hydroxyl groups is 8. The highest BCUT2D eigenvalue weighted by atomic mass is 16.3. The summed E-state index contributed by atoms with van der Waals surface area (Å²) < 4.78 is 1.93. The van der Waals surface area contributed by atoms with Gasteiger partial charge >= 0.3 is 0 Å². The Balaban J connectivity index is 0.471. The number of hydrogen-bond donors (Lipinski definition) is 14. The van der Waals surface area contributed by atoms with Crippen LogP contribution in [0.3, 0.4) is 0 Å². The topological polar surface area (TPSA) is 367 Å². The smallest absolute Gasteiger partial charge is 0.242 e. The van der Waals surface area contributed by atoms with Crippen LogP contribution in [0.2, 0.25) is 0 Å². The number of anilines is 1. The van der Waals surface area contributed by atoms with Crippen molar-refractivity contribution in [1.82, 2.24) is 41.6 Å². The summed E-state index contributed by atoms with van der Waals surface area (Å²) in [4.78, 5) is 86.7. The number of carbonyl (C=O) groups excluding carboxylic acids is 6. The number of amides is 6. The van der Waals surface area contributed by atoms with Crippen LogP contribution in [-0.4, -0.2) is 171 Å². The van der Waals surface area contributed by atoms with Crippen molar-refractivity contribution in [3.05, 3.63) is 66.4 Å². The predicted octanol–water partition coefficient (Wildman–Crippen LogP) is 18.6. The lowest BCUT2D eigenvalue weighted by molar-refractivity contribution is -0.204. The van der Waals surface area contributed by atoms with E-state index in [1.807, 2.05) is 10.9 Å². The molecule has 16 fully saturated rings. The number of hydrogen-bond acceptors (Lipinski definition) is 16. The molecule has 18 heterocycles. The largest absolute Gasteiger partial charge is 0.393 e. The maximum atomic E-state index is 15.2. The molecule has 16 saturated carbocycles. The van der Waals surface area contributed by atoms with Crippen LogP contribution < -0.4 is 31.9 Å². The first-order valence-electron chi connectivity index (χ1n) is 59.4. The lowest BCUT2D eigenvalue weighted by atomic mass is 9.43. The zero-order chi connectivity index (χ0) is 102. The van der Waals surface area contributed by atoms with Gasteiger partial charge in [0.1, 0.15) is 6.04 Å². The fourth-order valence-corrected chi connectivity index (χ4v) is 41.7. The highest BCUT2D eigenvalue weighted by Crippen LogP contribution is 2.75. The number of nitrogens with one attached hydrogen (secondary N) is 6. The first-order valence-corrected chi connectivity index (χ1v) is 59.4. The summed E-state index contributed by atoms with van der Waals surface area (Å²) >= 11 is 0. The van der Waals surface area contributed by atoms with Gasteiger partial charge in [-0.15, -0.1) is 5.10 Å². The summed E-state index contributed by atoms with van der Waals surface area (Å²) in [7, 11) is 0. The summed E-state index contributed by atoms with van der Waals surface area (Å²) in [6.07, 6.45) is 26.5. The Morgan fingerprint density at radius 2 is 0.747 bits per heavy atom. The summed E-state index contributed by atoms with van der Waals surface area (Å²) in [5.41, 5.74) is -0.982. The monoisotopic (exact) mass is 2010 g/mol. The maximum Gasteiger partial charge on any atom is 0.242 e. The van der Waals surface area contributed by atoms with E-state index in [0.717, 1.165) is 135 Å². The number of carbonyl (C=O) groups is 6. The van der Waals surface area contributed by atoms with Crippen molar-refractivity contribution in [2.75, 3.05) is 11.9 Å². The average Bonchev–Trinajstić information content (AvgIpc) is 1.47. The molecule has 34 bridgehead atoms. The first-order chi connectivity index (χ1) is 69.7. The van der Waals surface area contributed by atoms with Gasteiger partial charge in [-0.3, -0.25) is 28.8 Å². The molecule has 45 atom stereocenters. The van der Waals surface area contributed by atoms with E-state index in [2.05, 4.69) is 180 Å². The third-order valence-corrected chi connectivity index (χ3v) is 49.8. The minimum Gasteiger partial charge on any atom is -0.393 e. The van der Waals surface area contributed by atoms with Crippen LogP contribution in [0.25, 0.3) is 32.3 Å². The van der Waals surface area contributed by atoms with Crippen LogP contribution in [0, 0.1) is 185 Å². The van der Waals surface area contributed by atoms with Crippen LogP contribution in [0.4, 0.5) is 5.82 Å². The number of nitrogens with zero attached hydrogens (tertiary/aromatic N) is 3. The van der Waals surface area contributed by atoms with Gasteiger partial charge in [-0.1, -0.05) is 143 Å². The van der Waals surface area contributed by atoms with Crippen molar-refractivity contribution in [3.8, 4) is 0 Å². The SMILES string of the molecule is C[C@@H]1CCC(=O)Nc2cn(nn2)[C@@H]2CC[C@@]3(C)[C@H](C2)C[C@@H](O)[C@@H]2[C@@H]3C[C@H](O)[C@]3(C)[C@H](CC[C@@H]23)[C@H](C)CCC(=O)N[C@@H](CCCNC(=O)CCCc2ccc3ccc4cccc5ccc2c3c45)C(=O)N[C@@H]2CC[C@@]3(C)[C@H](C2)C[C@@H](O)[C@@H]2[C@@H]3C[C@H](O)[C@]3(C)[C@H](CC[C@@H]23)[C@H](C)CCC(=O)N[C@@H]2CC[C@@]3(C)[C@H](C2)C[C@@H](O)[C@@H]2[C@@H]3C[C@H](O)[C@]3(C)[C@H](CC[C@@H]23)[C@H](C)CCC(=O)N[C@@H]2CC[C@@]3(C)[C@H](C2)C[C@@H](O)[C@@H]2[C@@H]3C[C@H](O)[C@]3(C)[C@@H]1CC[C@@H]23. The third kappa shape index (κ3) is 17.3. The van der Waals surface area contributed by atoms with Gasteiger partial charge in [0.25, 0.3) is 0 Å². The molecule has 5 aromatic rings. The molecule has 6 amide bonds. The molecule has 146 heavy (non-hydrogen) atoms. The van der Waals surface area contributed by atoms with E-state index in [1.165, 1.54) is 37.9 Å². The van der Waals surface area contributed by atoms with Crippen molar-refractivity contribution in [2.45, 2.75) is 425 Å². The molecule has 4 aromatic carbocycles. The molecular weight excluding hydrogens is 1830 g/mol. The van der Waals surface area contributed by atoms with E-state index < -0.39 is 71.1 Å². The zero-order valence-corrected chi connectivity index (χ0v) is 90.2. The second-order valence-electron chi connectivity index (χ2n) is 55.6. The Morgan fingerprint density at radius 1 is 0.384 bits per heavy atom. The summed E-state index contributed by atoms with van der Waals surface area (Å²) in [6, 6.07) is 18.6. The number of rotatable bonds is 8. The molecule has 23 heteroatoms. The summed E-state index contributed by atoms with van der Waals surface area (Å²) in [6.45, 7) is 28.2. The highest BCUT2D eigenvalue weighted by Gasteiger charge is 2.72. The fraction of sp³-hybridized carbons (Fsp3) is 0.805. The highest BCUT2D eigenvalue weighted by molar-refractivity contribution is 6.23. The number of benzene rings is 4. The van der Waals surface area contributed by atoms with E-state index in [-0.39, 0.29) is 235 Å². The van der Waals surface area contributed by atoms with Gasteiger partial charge in [-0.05, 0) is 454 Å². The fourth-order valence-electron chi connectivity index (χ4n) is 41.7. The molecule has 23 nitrogen and oxygen atoms in total. The average molecular weight is 2010 g/mol. The van der Waals surface area contributed by atoms with Crippen LogP contribution in [0.1, 0.15) is 352 Å². The number of aromatic nitrogens is 3. The van der Waals surface area contributed by atoms with Crippen molar-refractivity contribution < 1.29 is 69.6 Å². The standard InChI is InChI=1S/C123H181N9O14/c1-65-21-39-105(142)126-78-44-48-117(6)74(53-78)57-96(134)112-87-37-34-85(123(87,12)100(138)61-91(112)117)68(4)24-42-108(145)129-103-64-132(131-130-103)80-46-50-119(8)76(55-80)59-98(136)114-89-38-33-84(122(89,11)102(140)63-93(114)119)67(3)23-41-107(144)128-94(19-15-51-124-104(141)20-14-16-69-25-26-72-28-27-70-17-13-18-71-29-30-81(69)110(72)109(70)71)115(146)127-79-45-49-118(7)75(54-79)58-97(135)113-88-36-32-83(121(88,10)101(139)62-92(113)118)66(2)22-40-106(143)125-77-43-47-116(5)73(52-77)56-95(133)111-86-35-31-82(65)120(86,9)99(137)60-90(111)116/h13,17-18,25-30,64-68,73-80,82-102,111-114,133-140H,14-16,19-24,31-63H2,1-12H3,(H,124,141)(H,125,143)(H,126,142)(H,127,146)(H,128,144)(H,129,145)/t65-,66-,67-,68-,73-,74-,75-,76-,77-,78-,79-,80-,82-,83-,84-,85-,86+,87+,88+,89+,90+,91+,92+,93+,94+,95-,96-,97-,98-,99+,100+,101+,102+,111+,112+,113+,114+,116+,117+,118+,119+,120-,121-,122-,123-/m1/s1. The Kier molecular flexibility index (Phi) is 28.1. The van der Waals surface area contributed by atoms with Gasteiger partial charge in [-0.25, -0.2) is 4.68 Å². The van der Waals surface area contributed by atoms with E-state index in [1.54, 1.807) is 0 Å². The van der Waals surface area contributed by atoms with Crippen LogP contribution in [0.15, 0.2) is 60.8 Å². The second-order valence-corrected chi connectivity index (χ2v) is 55.6. The Hall–Kier alpha value is -6.44. The van der Waals surface area contributed by atoms with Gasteiger partial charge in [0, 0.05) is 56.8 Å². The van der Waals surface area contributed by atoms with E-state index >= 15 is 4.79 Å². The van der Waals surface area contributed by atoms with E-state index in [4.69, 9.17) is 0 Å². The quantitative estimate of drug-likeness (QED) is 0.0507. The molecule has 17 aliphatic heterocycles. The van der Waals surface area contributed by atoms with Crippen molar-refractivity contribution in [3.63, 3.8) is 0 Å². The van der Waals surface area contributed by atoms with E-state index in [0.29, 0.717) is 134 Å². The molecule has 38 rings (SSSR count). The Bertz CT molecular complexity index is 5620. The van der Waals surface area contributed by atoms with Crippen molar-refractivity contribution in [2.24, 2.45) is 185 Å². The zero-order valence-electron chi connectivity index (χ0n) is 90.2. The first kappa shape index (κ1) is 104. The molecular formula is C123H181N9O14. The molecule has 802 valence electrons. The van der Waals surface area contributed by atoms with Crippen LogP contribution in [0.5, 0.6) is 0 Å². The minimum absolute atomic E-state index is 0.00176. The van der Waals surface area contributed by atoms with Gasteiger partial charge < -0.3 is 72.8 Å². The molecule has 0 unspecified atom stereocenters. The molecule has 0 saturated heterocycles. The molecule has 0 radical (unpaired) electrons. The summed E-state index contributed by atoms with van der Waals surface area (Å²) in [5.74, 6) is 3.07. The lowest BCUT2D eigenvalue weighted by Crippen LogP contribution is -2.63. The number of aryl methyl sites for hydroxylation is 1. The molecule has 14 N–H and O–H groups in total. The van der Waals surface area contributed by atoms with Gasteiger partial charge in [-0.2, -0.15) is 0 Å². The second kappa shape index (κ2) is 39.5. The van der Waals surface area contributed by atoms with Gasteiger partial charge in [0.05, 0.1) is 61.1 Å².